The Balaban J connectivity index is 0.00000220. The Hall–Kier alpha value is -1.06. The minimum absolute atomic E-state index is 0. The van der Waals surface area contributed by atoms with Gasteiger partial charge in [-0.25, -0.2) is 0 Å². The first kappa shape index (κ1) is 18.0. The molecule has 1 amide bonds. The lowest BCUT2D eigenvalue weighted by molar-refractivity contribution is -0.132. The number of aryl methyl sites for hydroxylation is 1. The number of carbonyl (C=O) groups is 1. The highest BCUT2D eigenvalue weighted by Crippen LogP contribution is 2.25. The standard InChI is InChI=1S/C17H26N2O.ClH/c1-3-14(15-6-4-13(2)5-7-15)12-17(20)19-10-8-16(18)9-11-19;/h4-7,14,16H,3,8-12,18H2,1-2H3;1H. The number of nitrogens with zero attached hydrogens (tertiary/aromatic N) is 1. The highest BCUT2D eigenvalue weighted by atomic mass is 35.5. The molecule has 1 aromatic rings. The molecular weight excluding hydrogens is 284 g/mol. The van der Waals surface area contributed by atoms with Crippen molar-refractivity contribution in [3.63, 3.8) is 0 Å². The van der Waals surface area contributed by atoms with E-state index < -0.39 is 0 Å². The van der Waals surface area contributed by atoms with Gasteiger partial charge in [0.15, 0.2) is 0 Å². The van der Waals surface area contributed by atoms with Crippen LogP contribution < -0.4 is 5.73 Å². The third kappa shape index (κ3) is 5.01. The van der Waals surface area contributed by atoms with Gasteiger partial charge >= 0.3 is 0 Å². The molecule has 21 heavy (non-hydrogen) atoms. The van der Waals surface area contributed by atoms with Crippen molar-refractivity contribution in [2.75, 3.05) is 13.1 Å². The summed E-state index contributed by atoms with van der Waals surface area (Å²) in [6.45, 7) is 5.89. The first-order valence-electron chi connectivity index (χ1n) is 7.70. The Morgan fingerprint density at radius 3 is 2.38 bits per heavy atom. The molecule has 0 aliphatic carbocycles. The van der Waals surface area contributed by atoms with Crippen molar-refractivity contribution < 1.29 is 4.79 Å². The average molecular weight is 311 g/mol. The Morgan fingerprint density at radius 1 is 1.29 bits per heavy atom. The van der Waals surface area contributed by atoms with Gasteiger partial charge in [0.05, 0.1) is 0 Å². The second-order valence-corrected chi connectivity index (χ2v) is 5.94. The zero-order chi connectivity index (χ0) is 14.5. The molecule has 118 valence electrons. The molecular formula is C17H27ClN2O. The van der Waals surface area contributed by atoms with Crippen LogP contribution in [-0.2, 0) is 4.79 Å². The van der Waals surface area contributed by atoms with Crippen molar-refractivity contribution in [1.82, 2.24) is 4.90 Å². The second-order valence-electron chi connectivity index (χ2n) is 5.94. The maximum atomic E-state index is 12.4. The van der Waals surface area contributed by atoms with E-state index in [1.807, 2.05) is 4.90 Å². The van der Waals surface area contributed by atoms with Gasteiger partial charge in [-0.15, -0.1) is 12.4 Å². The molecule has 0 spiro atoms. The maximum Gasteiger partial charge on any atom is 0.223 e. The number of piperidine rings is 1. The second kappa shape index (κ2) is 8.40. The zero-order valence-electron chi connectivity index (χ0n) is 13.0. The zero-order valence-corrected chi connectivity index (χ0v) is 13.9. The summed E-state index contributed by atoms with van der Waals surface area (Å²) in [4.78, 5) is 14.4. The van der Waals surface area contributed by atoms with Crippen LogP contribution in [0.1, 0.15) is 49.7 Å². The van der Waals surface area contributed by atoms with Crippen molar-refractivity contribution >= 4 is 18.3 Å². The summed E-state index contributed by atoms with van der Waals surface area (Å²) in [6, 6.07) is 8.84. The van der Waals surface area contributed by atoms with Crippen molar-refractivity contribution in [3.8, 4) is 0 Å². The van der Waals surface area contributed by atoms with Crippen molar-refractivity contribution in [2.24, 2.45) is 5.73 Å². The van der Waals surface area contributed by atoms with Crippen LogP contribution in [0.15, 0.2) is 24.3 Å². The van der Waals surface area contributed by atoms with Crippen LogP contribution in [0, 0.1) is 6.92 Å². The van der Waals surface area contributed by atoms with Gasteiger partial charge in [-0.2, -0.15) is 0 Å². The van der Waals surface area contributed by atoms with E-state index in [-0.39, 0.29) is 24.4 Å². The summed E-state index contributed by atoms with van der Waals surface area (Å²) in [7, 11) is 0. The number of halogens is 1. The van der Waals surface area contributed by atoms with E-state index in [0.717, 1.165) is 32.4 Å². The smallest absolute Gasteiger partial charge is 0.223 e. The Bertz CT molecular complexity index is 439. The van der Waals surface area contributed by atoms with Crippen LogP contribution in [0.25, 0.3) is 0 Å². The fourth-order valence-corrected chi connectivity index (χ4v) is 2.83. The number of amides is 1. The Labute approximate surface area is 134 Å². The lowest BCUT2D eigenvalue weighted by Crippen LogP contribution is -2.43. The number of nitrogens with two attached hydrogens (primary N) is 1. The summed E-state index contributed by atoms with van der Waals surface area (Å²) < 4.78 is 0. The first-order valence-corrected chi connectivity index (χ1v) is 7.70. The minimum atomic E-state index is 0. The van der Waals surface area contributed by atoms with Gasteiger partial charge in [0.1, 0.15) is 0 Å². The Morgan fingerprint density at radius 2 is 1.86 bits per heavy atom. The van der Waals surface area contributed by atoms with E-state index in [0.29, 0.717) is 12.3 Å². The summed E-state index contributed by atoms with van der Waals surface area (Å²) in [5.41, 5.74) is 8.43. The highest BCUT2D eigenvalue weighted by molar-refractivity contribution is 5.85. The van der Waals surface area contributed by atoms with Gasteiger partial charge in [-0.05, 0) is 37.7 Å². The number of hydrogen-bond acceptors (Lipinski definition) is 2. The molecule has 2 N–H and O–H groups in total. The molecule has 1 unspecified atom stereocenters. The number of carbonyl (C=O) groups excluding carboxylic acids is 1. The van der Waals surface area contributed by atoms with Crippen LogP contribution in [-0.4, -0.2) is 29.9 Å². The number of hydrogen-bond donors (Lipinski definition) is 1. The maximum absolute atomic E-state index is 12.4. The normalized spacial score (nSPS) is 17.2. The summed E-state index contributed by atoms with van der Waals surface area (Å²) in [5.74, 6) is 0.614. The molecule has 1 saturated heterocycles. The lowest BCUT2D eigenvalue weighted by atomic mass is 9.91. The summed E-state index contributed by atoms with van der Waals surface area (Å²) in [5, 5.41) is 0. The fraction of sp³-hybridized carbons (Fsp3) is 0.588. The van der Waals surface area contributed by atoms with Crippen molar-refractivity contribution in [3.05, 3.63) is 35.4 Å². The van der Waals surface area contributed by atoms with E-state index in [2.05, 4.69) is 38.1 Å². The van der Waals surface area contributed by atoms with Gasteiger partial charge in [0.25, 0.3) is 0 Å². The van der Waals surface area contributed by atoms with E-state index >= 15 is 0 Å². The first-order chi connectivity index (χ1) is 9.60. The van der Waals surface area contributed by atoms with Crippen LogP contribution in [0.2, 0.25) is 0 Å². The molecule has 1 heterocycles. The number of likely N-dealkylation sites (tertiary alicyclic amines) is 1. The molecule has 0 saturated carbocycles. The predicted octanol–water partition coefficient (Wildman–Crippen LogP) is 3.25. The van der Waals surface area contributed by atoms with Crippen LogP contribution in [0.5, 0.6) is 0 Å². The highest BCUT2D eigenvalue weighted by Gasteiger charge is 2.23. The van der Waals surface area contributed by atoms with Gasteiger partial charge in [0.2, 0.25) is 5.91 Å². The van der Waals surface area contributed by atoms with Gasteiger partial charge < -0.3 is 10.6 Å². The number of rotatable bonds is 4. The molecule has 1 fully saturated rings. The third-order valence-electron chi connectivity index (χ3n) is 4.35. The summed E-state index contributed by atoms with van der Waals surface area (Å²) >= 11 is 0. The third-order valence-corrected chi connectivity index (χ3v) is 4.35. The van der Waals surface area contributed by atoms with E-state index in [4.69, 9.17) is 5.73 Å². The van der Waals surface area contributed by atoms with E-state index in [1.165, 1.54) is 11.1 Å². The van der Waals surface area contributed by atoms with Gasteiger partial charge in [-0.1, -0.05) is 36.8 Å². The topological polar surface area (TPSA) is 46.3 Å². The molecule has 0 aromatic heterocycles. The van der Waals surface area contributed by atoms with E-state index in [9.17, 15) is 4.79 Å². The van der Waals surface area contributed by atoms with Crippen molar-refractivity contribution in [2.45, 2.75) is 51.5 Å². The molecule has 4 heteroatoms. The van der Waals surface area contributed by atoms with Crippen molar-refractivity contribution in [1.29, 1.82) is 0 Å². The lowest BCUT2D eigenvalue weighted by Gasteiger charge is -2.31. The molecule has 1 atom stereocenters. The predicted molar refractivity (Wildman–Crippen MR) is 89.9 cm³/mol. The number of benzene rings is 1. The van der Waals surface area contributed by atoms with Gasteiger partial charge in [-0.3, -0.25) is 4.79 Å². The molecule has 3 nitrogen and oxygen atoms in total. The molecule has 0 bridgehead atoms. The van der Waals surface area contributed by atoms with Crippen LogP contribution in [0.4, 0.5) is 0 Å². The molecule has 1 aromatic carbocycles. The van der Waals surface area contributed by atoms with Gasteiger partial charge in [0, 0.05) is 25.6 Å². The van der Waals surface area contributed by atoms with Crippen LogP contribution in [0.3, 0.4) is 0 Å². The van der Waals surface area contributed by atoms with E-state index in [1.54, 1.807) is 0 Å². The molecule has 1 aliphatic rings. The van der Waals surface area contributed by atoms with Crippen LogP contribution >= 0.6 is 12.4 Å². The molecule has 1 aliphatic heterocycles. The largest absolute Gasteiger partial charge is 0.343 e. The monoisotopic (exact) mass is 310 g/mol. The Kier molecular flexibility index (Phi) is 7.20. The quantitative estimate of drug-likeness (QED) is 0.928. The average Bonchev–Trinajstić information content (AvgIpc) is 2.46. The molecule has 0 radical (unpaired) electrons. The molecule has 2 rings (SSSR count). The summed E-state index contributed by atoms with van der Waals surface area (Å²) in [6.07, 6.45) is 3.50. The fourth-order valence-electron chi connectivity index (χ4n) is 2.83. The SMILES string of the molecule is CCC(CC(=O)N1CCC(N)CC1)c1ccc(C)cc1.Cl. The minimum Gasteiger partial charge on any atom is -0.343 e.